The lowest BCUT2D eigenvalue weighted by molar-refractivity contribution is -0.137. The average Bonchev–Trinajstić information content (AvgIpc) is 2.91. The molecular weight excluding hydrogens is 322 g/mol. The van der Waals surface area contributed by atoms with Gasteiger partial charge in [0.05, 0.1) is 12.5 Å². The van der Waals surface area contributed by atoms with Crippen molar-refractivity contribution in [1.82, 2.24) is 5.32 Å². The summed E-state index contributed by atoms with van der Waals surface area (Å²) in [4.78, 5) is 23.1. The van der Waals surface area contributed by atoms with Crippen molar-refractivity contribution in [3.63, 3.8) is 0 Å². The Morgan fingerprint density at radius 3 is 2.65 bits per heavy atom. The van der Waals surface area contributed by atoms with Crippen molar-refractivity contribution in [2.75, 3.05) is 0 Å². The fraction of sp³-hybridized carbons (Fsp3) is 0.333. The molecule has 2 rings (SSSR count). The maximum absolute atomic E-state index is 12.1. The van der Waals surface area contributed by atoms with Crippen molar-refractivity contribution in [3.05, 3.63) is 46.5 Å². The van der Waals surface area contributed by atoms with Crippen molar-refractivity contribution >= 4 is 27.8 Å². The van der Waals surface area contributed by atoms with Gasteiger partial charge in [0, 0.05) is 10.4 Å². The van der Waals surface area contributed by atoms with E-state index in [0.29, 0.717) is 0 Å². The van der Waals surface area contributed by atoms with Gasteiger partial charge in [0.15, 0.2) is 0 Å². The minimum atomic E-state index is -0.931. The van der Waals surface area contributed by atoms with Crippen LogP contribution in [-0.4, -0.2) is 17.0 Å². The van der Waals surface area contributed by atoms with Crippen LogP contribution in [0.15, 0.2) is 40.9 Å². The summed E-state index contributed by atoms with van der Waals surface area (Å²) in [5.74, 6) is -1.08. The van der Waals surface area contributed by atoms with E-state index in [-0.39, 0.29) is 18.2 Å². The van der Waals surface area contributed by atoms with Crippen LogP contribution >= 0.6 is 15.9 Å². The summed E-state index contributed by atoms with van der Waals surface area (Å²) < 4.78 is 0.863. The molecule has 0 saturated carbocycles. The smallest absolute Gasteiger partial charge is 0.305 e. The summed E-state index contributed by atoms with van der Waals surface area (Å²) in [5, 5.41) is 11.9. The summed E-state index contributed by atoms with van der Waals surface area (Å²) in [5.41, 5.74) is 0.793. The molecule has 0 radical (unpaired) electrons. The molecule has 1 aliphatic rings. The highest BCUT2D eigenvalue weighted by Gasteiger charge is 2.24. The number of carboxylic acid groups (broad SMARTS) is 1. The van der Waals surface area contributed by atoms with E-state index in [1.54, 1.807) is 0 Å². The highest BCUT2D eigenvalue weighted by atomic mass is 79.9. The van der Waals surface area contributed by atoms with Gasteiger partial charge in [-0.15, -0.1) is 0 Å². The van der Waals surface area contributed by atoms with Crippen LogP contribution in [0.5, 0.6) is 0 Å². The summed E-state index contributed by atoms with van der Waals surface area (Å²) in [6.45, 7) is 0. The molecule has 0 aromatic heterocycles. The first-order valence-corrected chi connectivity index (χ1v) is 7.28. The molecule has 1 amide bonds. The van der Waals surface area contributed by atoms with Gasteiger partial charge in [-0.25, -0.2) is 0 Å². The van der Waals surface area contributed by atoms with Gasteiger partial charge in [-0.3, -0.25) is 9.59 Å². The van der Waals surface area contributed by atoms with E-state index in [4.69, 9.17) is 5.11 Å². The topological polar surface area (TPSA) is 66.4 Å². The van der Waals surface area contributed by atoms with Gasteiger partial charge in [0.25, 0.3) is 0 Å². The molecule has 0 bridgehead atoms. The summed E-state index contributed by atoms with van der Waals surface area (Å²) in [7, 11) is 0. The zero-order chi connectivity index (χ0) is 14.5. The molecular formula is C15H16BrNO3. The van der Waals surface area contributed by atoms with Gasteiger partial charge in [-0.1, -0.05) is 40.2 Å². The van der Waals surface area contributed by atoms with E-state index in [1.165, 1.54) is 0 Å². The number of halogens is 1. The fourth-order valence-electron chi connectivity index (χ4n) is 2.27. The average molecular weight is 338 g/mol. The fourth-order valence-corrected chi connectivity index (χ4v) is 2.69. The lowest BCUT2D eigenvalue weighted by atomic mass is 10.0. The van der Waals surface area contributed by atoms with Gasteiger partial charge in [0.2, 0.25) is 5.91 Å². The van der Waals surface area contributed by atoms with Gasteiger partial charge in [-0.2, -0.15) is 0 Å². The number of nitrogens with one attached hydrogen (secondary N) is 1. The Morgan fingerprint density at radius 2 is 2.05 bits per heavy atom. The molecule has 0 spiro atoms. The number of benzene rings is 1. The maximum atomic E-state index is 12.1. The Hall–Kier alpha value is -1.62. The molecule has 106 valence electrons. The molecule has 20 heavy (non-hydrogen) atoms. The van der Waals surface area contributed by atoms with Crippen LogP contribution in [-0.2, 0) is 9.59 Å². The molecule has 4 nitrogen and oxygen atoms in total. The van der Waals surface area contributed by atoms with Crippen LogP contribution in [0, 0.1) is 5.92 Å². The van der Waals surface area contributed by atoms with Crippen LogP contribution in [0.3, 0.4) is 0 Å². The molecule has 0 unspecified atom stereocenters. The molecule has 1 atom stereocenters. The number of carbonyl (C=O) groups excluding carboxylic acids is 1. The predicted octanol–water partition coefficient (Wildman–Crippen LogP) is 3.05. The minimum absolute atomic E-state index is 0.0709. The molecule has 0 aliphatic heterocycles. The molecule has 5 heteroatoms. The third-order valence-corrected chi connectivity index (χ3v) is 3.82. The number of allylic oxidation sites excluding steroid dienone is 2. The number of carbonyl (C=O) groups is 2. The first kappa shape index (κ1) is 14.8. The van der Waals surface area contributed by atoms with Crippen molar-refractivity contribution in [2.45, 2.75) is 25.3 Å². The normalized spacial score (nSPS) is 16.1. The molecule has 0 heterocycles. The second-order valence-corrected chi connectivity index (χ2v) is 5.77. The Balaban J connectivity index is 2.11. The summed E-state index contributed by atoms with van der Waals surface area (Å²) in [6, 6.07) is 6.85. The van der Waals surface area contributed by atoms with Crippen molar-refractivity contribution in [1.29, 1.82) is 0 Å². The van der Waals surface area contributed by atoms with Crippen molar-refractivity contribution in [2.24, 2.45) is 5.92 Å². The Labute approximate surface area is 126 Å². The van der Waals surface area contributed by atoms with E-state index in [2.05, 4.69) is 21.2 Å². The summed E-state index contributed by atoms with van der Waals surface area (Å²) in [6.07, 6.45) is 5.29. The molecule has 0 saturated heterocycles. The number of hydrogen-bond acceptors (Lipinski definition) is 2. The third-order valence-electron chi connectivity index (χ3n) is 3.32. The van der Waals surface area contributed by atoms with Gasteiger partial charge < -0.3 is 10.4 Å². The zero-order valence-electron chi connectivity index (χ0n) is 10.9. The minimum Gasteiger partial charge on any atom is -0.481 e. The Bertz CT molecular complexity index is 534. The van der Waals surface area contributed by atoms with Gasteiger partial charge >= 0.3 is 5.97 Å². The molecule has 0 fully saturated rings. The lowest BCUT2D eigenvalue weighted by Gasteiger charge is -2.20. The Kier molecular flexibility index (Phi) is 4.95. The van der Waals surface area contributed by atoms with E-state index < -0.39 is 12.0 Å². The van der Waals surface area contributed by atoms with E-state index in [1.807, 2.05) is 36.4 Å². The number of carboxylic acids is 1. The van der Waals surface area contributed by atoms with E-state index in [0.717, 1.165) is 22.9 Å². The predicted molar refractivity (Wildman–Crippen MR) is 79.1 cm³/mol. The van der Waals surface area contributed by atoms with Crippen molar-refractivity contribution in [3.8, 4) is 0 Å². The van der Waals surface area contributed by atoms with Crippen LogP contribution in [0.1, 0.15) is 30.9 Å². The summed E-state index contributed by atoms with van der Waals surface area (Å²) >= 11 is 3.36. The largest absolute Gasteiger partial charge is 0.481 e. The second-order valence-electron chi connectivity index (χ2n) is 4.85. The maximum Gasteiger partial charge on any atom is 0.305 e. The number of amides is 1. The third kappa shape index (κ3) is 3.93. The van der Waals surface area contributed by atoms with Gasteiger partial charge in [0.1, 0.15) is 0 Å². The van der Waals surface area contributed by atoms with Crippen molar-refractivity contribution < 1.29 is 14.7 Å². The quantitative estimate of drug-likeness (QED) is 0.811. The Morgan fingerprint density at radius 1 is 1.35 bits per heavy atom. The van der Waals surface area contributed by atoms with Crippen LogP contribution < -0.4 is 5.32 Å². The molecule has 1 aromatic carbocycles. The highest BCUT2D eigenvalue weighted by molar-refractivity contribution is 9.10. The molecule has 1 aromatic rings. The number of aliphatic carboxylic acids is 1. The second kappa shape index (κ2) is 6.70. The zero-order valence-corrected chi connectivity index (χ0v) is 12.5. The number of hydrogen-bond donors (Lipinski definition) is 2. The number of rotatable bonds is 5. The standard InChI is InChI=1S/C15H16BrNO3/c16-12-7-3-6-11(8-12)13(9-14(18)19)17-15(20)10-4-1-2-5-10/h1-3,6-8,10,13H,4-5,9H2,(H,17,20)(H,18,19)/t13-/m1/s1. The highest BCUT2D eigenvalue weighted by Crippen LogP contribution is 2.24. The first-order valence-electron chi connectivity index (χ1n) is 6.49. The van der Waals surface area contributed by atoms with E-state index >= 15 is 0 Å². The first-order chi connectivity index (χ1) is 9.56. The van der Waals surface area contributed by atoms with Crippen LogP contribution in [0.25, 0.3) is 0 Å². The lowest BCUT2D eigenvalue weighted by Crippen LogP contribution is -2.34. The monoisotopic (exact) mass is 337 g/mol. The van der Waals surface area contributed by atoms with Gasteiger partial charge in [-0.05, 0) is 30.5 Å². The van der Waals surface area contributed by atoms with E-state index in [9.17, 15) is 9.59 Å². The molecule has 2 N–H and O–H groups in total. The SMILES string of the molecule is O=C(O)C[C@@H](NC(=O)C1CC=CC1)c1cccc(Br)c1. The molecule has 1 aliphatic carbocycles. The van der Waals surface area contributed by atoms with Crippen LogP contribution in [0.4, 0.5) is 0 Å². The van der Waals surface area contributed by atoms with Crippen LogP contribution in [0.2, 0.25) is 0 Å².